The van der Waals surface area contributed by atoms with Gasteiger partial charge in [-0.25, -0.2) is 4.79 Å². The van der Waals surface area contributed by atoms with Crippen LogP contribution in [0.25, 0.3) is 10.1 Å². The molecule has 0 saturated carbocycles. The van der Waals surface area contributed by atoms with Gasteiger partial charge in [0.1, 0.15) is 4.88 Å². The van der Waals surface area contributed by atoms with Crippen LogP contribution < -0.4 is 0 Å². The van der Waals surface area contributed by atoms with Crippen molar-refractivity contribution in [2.75, 3.05) is 26.2 Å². The molecule has 2 heterocycles. The number of thiophene rings is 1. The number of hydrogen-bond donors (Lipinski definition) is 0. The average Bonchev–Trinajstić information content (AvgIpc) is 3.05. The lowest BCUT2D eigenvalue weighted by Gasteiger charge is -2.35. The van der Waals surface area contributed by atoms with Gasteiger partial charge in [-0.1, -0.05) is 18.2 Å². The third-order valence-corrected chi connectivity index (χ3v) is 5.39. The van der Waals surface area contributed by atoms with Crippen molar-refractivity contribution in [2.45, 2.75) is 20.0 Å². The molecule has 3 rings (SSSR count). The van der Waals surface area contributed by atoms with E-state index in [9.17, 15) is 14.4 Å². The van der Waals surface area contributed by atoms with E-state index in [0.29, 0.717) is 31.1 Å². The van der Waals surface area contributed by atoms with Gasteiger partial charge in [0.15, 0.2) is 6.10 Å². The zero-order valence-electron chi connectivity index (χ0n) is 14.2. The SMILES string of the molecule is CC(=O)N1CCN(C(=O)C(C)OC(=O)c2cc3ccccc3s2)CC1. The molecular formula is C18H20N2O4S. The average molecular weight is 360 g/mol. The second-order valence-corrected chi connectivity index (χ2v) is 7.11. The molecule has 25 heavy (non-hydrogen) atoms. The van der Waals surface area contributed by atoms with Crippen molar-refractivity contribution in [1.82, 2.24) is 9.80 Å². The molecule has 2 amide bonds. The number of rotatable bonds is 3. The van der Waals surface area contributed by atoms with Crippen LogP contribution in [0.5, 0.6) is 0 Å². The zero-order chi connectivity index (χ0) is 18.0. The minimum Gasteiger partial charge on any atom is -0.448 e. The summed E-state index contributed by atoms with van der Waals surface area (Å²) < 4.78 is 6.36. The van der Waals surface area contributed by atoms with Crippen molar-refractivity contribution < 1.29 is 19.1 Å². The molecule has 0 bridgehead atoms. The standard InChI is InChI=1S/C18H20N2O4S/c1-12(17(22)20-9-7-19(8-10-20)13(2)21)24-18(23)16-11-14-5-3-4-6-15(14)25-16/h3-6,11-12H,7-10H2,1-2H3. The Kier molecular flexibility index (Phi) is 5.03. The van der Waals surface area contributed by atoms with Crippen molar-refractivity contribution in [3.05, 3.63) is 35.2 Å². The van der Waals surface area contributed by atoms with Gasteiger partial charge in [0.25, 0.3) is 5.91 Å². The number of benzene rings is 1. The summed E-state index contributed by atoms with van der Waals surface area (Å²) in [6.45, 7) is 5.06. The molecule has 1 atom stereocenters. The van der Waals surface area contributed by atoms with Crippen LogP contribution >= 0.6 is 11.3 Å². The summed E-state index contributed by atoms with van der Waals surface area (Å²) in [6.07, 6.45) is -0.846. The third-order valence-electron chi connectivity index (χ3n) is 4.29. The van der Waals surface area contributed by atoms with Crippen LogP contribution in [-0.4, -0.2) is 59.9 Å². The summed E-state index contributed by atoms with van der Waals surface area (Å²) in [5.74, 6) is -0.696. The van der Waals surface area contributed by atoms with Crippen LogP contribution in [0.2, 0.25) is 0 Å². The maximum atomic E-state index is 12.5. The largest absolute Gasteiger partial charge is 0.448 e. The Hall–Kier alpha value is -2.41. The minimum atomic E-state index is -0.846. The van der Waals surface area contributed by atoms with E-state index in [1.165, 1.54) is 18.3 Å². The van der Waals surface area contributed by atoms with Gasteiger partial charge in [-0.05, 0) is 24.4 Å². The fraction of sp³-hybridized carbons (Fsp3) is 0.389. The summed E-state index contributed by atoms with van der Waals surface area (Å²) in [7, 11) is 0. The molecule has 1 saturated heterocycles. The highest BCUT2D eigenvalue weighted by Gasteiger charge is 2.28. The Morgan fingerprint density at radius 3 is 2.36 bits per heavy atom. The monoisotopic (exact) mass is 360 g/mol. The molecule has 6 nitrogen and oxygen atoms in total. The van der Waals surface area contributed by atoms with Gasteiger partial charge < -0.3 is 14.5 Å². The number of fused-ring (bicyclic) bond motifs is 1. The van der Waals surface area contributed by atoms with Crippen molar-refractivity contribution in [1.29, 1.82) is 0 Å². The van der Waals surface area contributed by atoms with Gasteiger partial charge in [0.2, 0.25) is 5.91 Å². The van der Waals surface area contributed by atoms with E-state index in [4.69, 9.17) is 4.74 Å². The third kappa shape index (κ3) is 3.82. The van der Waals surface area contributed by atoms with E-state index in [2.05, 4.69) is 0 Å². The number of amides is 2. The highest BCUT2D eigenvalue weighted by molar-refractivity contribution is 7.20. The number of hydrogen-bond acceptors (Lipinski definition) is 5. The smallest absolute Gasteiger partial charge is 0.349 e. The summed E-state index contributed by atoms with van der Waals surface area (Å²) in [4.78, 5) is 40.0. The van der Waals surface area contributed by atoms with Gasteiger partial charge in [0, 0.05) is 37.8 Å². The van der Waals surface area contributed by atoms with Crippen LogP contribution in [0.3, 0.4) is 0 Å². The first kappa shape index (κ1) is 17.4. The number of ether oxygens (including phenoxy) is 1. The van der Waals surface area contributed by atoms with Crippen molar-refractivity contribution in [3.8, 4) is 0 Å². The summed E-state index contributed by atoms with van der Waals surface area (Å²) in [5.41, 5.74) is 0. The number of carbonyl (C=O) groups is 3. The Bertz CT molecular complexity index is 775. The predicted molar refractivity (Wildman–Crippen MR) is 95.5 cm³/mol. The molecule has 0 radical (unpaired) electrons. The second kappa shape index (κ2) is 7.23. The number of esters is 1. The molecule has 1 aliphatic heterocycles. The minimum absolute atomic E-state index is 0.0105. The van der Waals surface area contributed by atoms with Crippen LogP contribution in [0, 0.1) is 0 Å². The lowest BCUT2D eigenvalue weighted by Crippen LogP contribution is -2.52. The molecule has 1 aromatic carbocycles. The Morgan fingerprint density at radius 1 is 1.08 bits per heavy atom. The fourth-order valence-electron chi connectivity index (χ4n) is 2.85. The zero-order valence-corrected chi connectivity index (χ0v) is 15.0. The maximum absolute atomic E-state index is 12.5. The molecule has 0 aliphatic carbocycles. The van der Waals surface area contributed by atoms with E-state index >= 15 is 0 Å². The summed E-state index contributed by atoms with van der Waals surface area (Å²) >= 11 is 1.35. The van der Waals surface area contributed by atoms with Gasteiger partial charge in [0.05, 0.1) is 0 Å². The number of nitrogens with zero attached hydrogens (tertiary/aromatic N) is 2. The molecule has 1 unspecified atom stereocenters. The first-order valence-electron chi connectivity index (χ1n) is 8.19. The molecule has 1 fully saturated rings. The summed E-state index contributed by atoms with van der Waals surface area (Å²) in [5, 5.41) is 0.985. The topological polar surface area (TPSA) is 66.9 Å². The van der Waals surface area contributed by atoms with Gasteiger partial charge in [-0.2, -0.15) is 0 Å². The van der Waals surface area contributed by atoms with E-state index in [-0.39, 0.29) is 11.8 Å². The van der Waals surface area contributed by atoms with E-state index in [1.807, 2.05) is 24.3 Å². The normalized spacial score (nSPS) is 15.9. The molecule has 0 N–H and O–H groups in total. The van der Waals surface area contributed by atoms with Crippen molar-refractivity contribution >= 4 is 39.2 Å². The fourth-order valence-corrected chi connectivity index (χ4v) is 3.80. The number of piperazine rings is 1. The molecule has 0 spiro atoms. The Balaban J connectivity index is 1.59. The van der Waals surface area contributed by atoms with Crippen molar-refractivity contribution in [3.63, 3.8) is 0 Å². The first-order chi connectivity index (χ1) is 12.0. The van der Waals surface area contributed by atoms with Crippen LogP contribution in [-0.2, 0) is 14.3 Å². The molecular weight excluding hydrogens is 340 g/mol. The molecule has 132 valence electrons. The quantitative estimate of drug-likeness (QED) is 0.787. The Morgan fingerprint density at radius 2 is 1.72 bits per heavy atom. The molecule has 2 aromatic rings. The molecule has 1 aliphatic rings. The van der Waals surface area contributed by atoms with E-state index < -0.39 is 12.1 Å². The van der Waals surface area contributed by atoms with E-state index in [0.717, 1.165) is 10.1 Å². The van der Waals surface area contributed by atoms with E-state index in [1.54, 1.807) is 22.8 Å². The van der Waals surface area contributed by atoms with Crippen LogP contribution in [0.1, 0.15) is 23.5 Å². The lowest BCUT2D eigenvalue weighted by atomic mass is 10.2. The van der Waals surface area contributed by atoms with Crippen LogP contribution in [0.15, 0.2) is 30.3 Å². The molecule has 7 heteroatoms. The van der Waals surface area contributed by atoms with Gasteiger partial charge in [-0.3, -0.25) is 9.59 Å². The number of carbonyl (C=O) groups excluding carboxylic acids is 3. The van der Waals surface area contributed by atoms with Gasteiger partial charge in [-0.15, -0.1) is 11.3 Å². The van der Waals surface area contributed by atoms with Gasteiger partial charge >= 0.3 is 5.97 Å². The maximum Gasteiger partial charge on any atom is 0.349 e. The predicted octanol–water partition coefficient (Wildman–Crippen LogP) is 2.14. The van der Waals surface area contributed by atoms with Crippen LogP contribution in [0.4, 0.5) is 0 Å². The highest BCUT2D eigenvalue weighted by Crippen LogP contribution is 2.26. The highest BCUT2D eigenvalue weighted by atomic mass is 32.1. The second-order valence-electron chi connectivity index (χ2n) is 6.03. The first-order valence-corrected chi connectivity index (χ1v) is 9.01. The van der Waals surface area contributed by atoms with Crippen molar-refractivity contribution in [2.24, 2.45) is 0 Å². The summed E-state index contributed by atoms with van der Waals surface area (Å²) in [6, 6.07) is 9.49. The molecule has 1 aromatic heterocycles. The lowest BCUT2D eigenvalue weighted by molar-refractivity contribution is -0.144. The Labute approximate surface area is 150 Å².